The lowest BCUT2D eigenvalue weighted by Crippen LogP contribution is -2.39. The van der Waals surface area contributed by atoms with Gasteiger partial charge in [-0.15, -0.1) is 0 Å². The van der Waals surface area contributed by atoms with Crippen molar-refractivity contribution >= 4 is 11.9 Å². The normalized spacial score (nSPS) is 12.0. The van der Waals surface area contributed by atoms with Gasteiger partial charge in [0.15, 0.2) is 0 Å². The van der Waals surface area contributed by atoms with Crippen molar-refractivity contribution in [1.82, 2.24) is 9.88 Å². The molecule has 0 spiro atoms. The molecule has 0 aliphatic heterocycles. The smallest absolute Gasteiger partial charge is 0.328 e. The Kier molecular flexibility index (Phi) is 3.71. The summed E-state index contributed by atoms with van der Waals surface area (Å²) in [6.07, 6.45) is 0. The number of hydrogen-bond acceptors (Lipinski definition) is 3. The number of carbonyl (C=O) groups is 2. The number of aromatic nitrogens is 1. The predicted molar refractivity (Wildman–Crippen MR) is 59.1 cm³/mol. The summed E-state index contributed by atoms with van der Waals surface area (Å²) in [5.74, 6) is -0.743. The fourth-order valence-corrected chi connectivity index (χ4v) is 1.35. The monoisotopic (exact) mass is 224 g/mol. The Hall–Kier alpha value is -1.78. The van der Waals surface area contributed by atoms with Crippen LogP contribution in [-0.2, 0) is 16.6 Å². The summed E-state index contributed by atoms with van der Waals surface area (Å²) in [6, 6.07) is 2.92. The Balaban J connectivity index is 2.73. The number of hydrogen-bond donors (Lipinski definition) is 1. The van der Waals surface area contributed by atoms with E-state index in [-0.39, 0.29) is 5.91 Å². The van der Waals surface area contributed by atoms with Crippen molar-refractivity contribution in [1.29, 1.82) is 0 Å². The van der Waals surface area contributed by atoms with Crippen molar-refractivity contribution in [2.75, 3.05) is 7.11 Å². The van der Waals surface area contributed by atoms with Crippen LogP contribution in [0.3, 0.4) is 0 Å². The van der Waals surface area contributed by atoms with Crippen molar-refractivity contribution in [3.05, 3.63) is 23.5 Å². The highest BCUT2D eigenvalue weighted by Crippen LogP contribution is 2.05. The van der Waals surface area contributed by atoms with E-state index >= 15 is 0 Å². The molecule has 5 heteroatoms. The Morgan fingerprint density at radius 2 is 2.06 bits per heavy atom. The molecule has 5 nitrogen and oxygen atoms in total. The van der Waals surface area contributed by atoms with Crippen molar-refractivity contribution in [3.8, 4) is 0 Å². The molecule has 1 atom stereocenters. The van der Waals surface area contributed by atoms with E-state index in [0.717, 1.165) is 5.69 Å². The van der Waals surface area contributed by atoms with Crippen LogP contribution in [0.5, 0.6) is 0 Å². The molecule has 1 aromatic heterocycles. The SMILES string of the molecule is COC(=O)C(C)NC(=O)c1ccc(C)n1C. The molecule has 0 fully saturated rings. The first-order valence-electron chi connectivity index (χ1n) is 4.98. The molecule has 16 heavy (non-hydrogen) atoms. The zero-order valence-corrected chi connectivity index (χ0v) is 9.90. The molecule has 1 N–H and O–H groups in total. The molecule has 0 saturated heterocycles. The second-order valence-electron chi connectivity index (χ2n) is 3.64. The lowest BCUT2D eigenvalue weighted by Gasteiger charge is -2.12. The summed E-state index contributed by atoms with van der Waals surface area (Å²) in [6.45, 7) is 3.49. The molecule has 1 aromatic rings. The fourth-order valence-electron chi connectivity index (χ4n) is 1.35. The van der Waals surface area contributed by atoms with E-state index in [9.17, 15) is 9.59 Å². The van der Waals surface area contributed by atoms with Crippen LogP contribution >= 0.6 is 0 Å². The summed E-state index contributed by atoms with van der Waals surface area (Å²) < 4.78 is 6.29. The van der Waals surface area contributed by atoms with Gasteiger partial charge in [-0.05, 0) is 26.0 Å². The minimum absolute atomic E-state index is 0.284. The van der Waals surface area contributed by atoms with Gasteiger partial charge < -0.3 is 14.6 Å². The molecule has 1 rings (SSSR count). The van der Waals surface area contributed by atoms with Crippen LogP contribution in [0.15, 0.2) is 12.1 Å². The highest BCUT2D eigenvalue weighted by atomic mass is 16.5. The molecule has 1 amide bonds. The van der Waals surface area contributed by atoms with Gasteiger partial charge in [0.1, 0.15) is 11.7 Å². The maximum Gasteiger partial charge on any atom is 0.328 e. The van der Waals surface area contributed by atoms with Gasteiger partial charge in [-0.25, -0.2) is 4.79 Å². The average Bonchev–Trinajstić information content (AvgIpc) is 2.58. The summed E-state index contributed by atoms with van der Waals surface area (Å²) in [4.78, 5) is 22.9. The third kappa shape index (κ3) is 2.42. The minimum atomic E-state index is -0.646. The summed E-state index contributed by atoms with van der Waals surface area (Å²) >= 11 is 0. The highest BCUT2D eigenvalue weighted by molar-refractivity contribution is 5.95. The van der Waals surface area contributed by atoms with Crippen molar-refractivity contribution in [2.45, 2.75) is 19.9 Å². The Morgan fingerprint density at radius 1 is 1.44 bits per heavy atom. The van der Waals surface area contributed by atoms with Crippen molar-refractivity contribution in [3.63, 3.8) is 0 Å². The van der Waals surface area contributed by atoms with E-state index in [2.05, 4.69) is 10.1 Å². The summed E-state index contributed by atoms with van der Waals surface area (Å²) in [7, 11) is 3.09. The van der Waals surface area contributed by atoms with Gasteiger partial charge in [-0.2, -0.15) is 0 Å². The quantitative estimate of drug-likeness (QED) is 0.766. The molecule has 0 aromatic carbocycles. The maximum absolute atomic E-state index is 11.8. The Bertz CT molecular complexity index is 409. The van der Waals surface area contributed by atoms with E-state index in [4.69, 9.17) is 0 Å². The molecule has 0 bridgehead atoms. The first kappa shape index (κ1) is 12.3. The zero-order chi connectivity index (χ0) is 12.3. The molecule has 1 heterocycles. The van der Waals surface area contributed by atoms with E-state index in [1.807, 2.05) is 13.0 Å². The van der Waals surface area contributed by atoms with Crippen LogP contribution in [-0.4, -0.2) is 29.6 Å². The Labute approximate surface area is 94.4 Å². The molecule has 1 unspecified atom stereocenters. The minimum Gasteiger partial charge on any atom is -0.467 e. The van der Waals surface area contributed by atoms with Gasteiger partial charge >= 0.3 is 5.97 Å². The van der Waals surface area contributed by atoms with Gasteiger partial charge in [0.2, 0.25) is 0 Å². The standard InChI is InChI=1S/C11H16N2O3/c1-7-5-6-9(13(7)3)10(14)12-8(2)11(15)16-4/h5-6,8H,1-4H3,(H,12,14). The van der Waals surface area contributed by atoms with E-state index < -0.39 is 12.0 Å². The van der Waals surface area contributed by atoms with Crippen LogP contribution in [0.25, 0.3) is 0 Å². The third-order valence-electron chi connectivity index (χ3n) is 2.51. The average molecular weight is 224 g/mol. The van der Waals surface area contributed by atoms with Crippen LogP contribution < -0.4 is 5.32 Å². The molecule has 88 valence electrons. The van der Waals surface area contributed by atoms with Gasteiger partial charge in [0.25, 0.3) is 5.91 Å². The van der Waals surface area contributed by atoms with Crippen molar-refractivity contribution < 1.29 is 14.3 Å². The zero-order valence-electron chi connectivity index (χ0n) is 9.90. The number of carbonyl (C=O) groups excluding carboxylic acids is 2. The molecular formula is C11H16N2O3. The second kappa shape index (κ2) is 4.83. The number of nitrogens with one attached hydrogen (secondary N) is 1. The van der Waals surface area contributed by atoms with E-state index in [1.54, 1.807) is 24.6 Å². The molecule has 0 saturated carbocycles. The number of amides is 1. The largest absolute Gasteiger partial charge is 0.467 e. The topological polar surface area (TPSA) is 60.3 Å². The number of esters is 1. The van der Waals surface area contributed by atoms with E-state index in [1.165, 1.54) is 7.11 Å². The van der Waals surface area contributed by atoms with Crippen LogP contribution in [0.1, 0.15) is 23.1 Å². The van der Waals surface area contributed by atoms with Gasteiger partial charge in [0, 0.05) is 12.7 Å². The van der Waals surface area contributed by atoms with Crippen LogP contribution in [0.2, 0.25) is 0 Å². The third-order valence-corrected chi connectivity index (χ3v) is 2.51. The summed E-state index contributed by atoms with van der Waals surface area (Å²) in [5, 5.41) is 2.57. The first-order valence-corrected chi connectivity index (χ1v) is 4.98. The second-order valence-corrected chi connectivity index (χ2v) is 3.64. The first-order chi connectivity index (χ1) is 7.47. The summed E-state index contributed by atoms with van der Waals surface area (Å²) in [5.41, 5.74) is 1.50. The number of methoxy groups -OCH3 is 1. The number of nitrogens with zero attached hydrogens (tertiary/aromatic N) is 1. The Morgan fingerprint density at radius 3 is 2.50 bits per heavy atom. The number of ether oxygens (including phenoxy) is 1. The van der Waals surface area contributed by atoms with Crippen LogP contribution in [0.4, 0.5) is 0 Å². The van der Waals surface area contributed by atoms with E-state index in [0.29, 0.717) is 5.69 Å². The lowest BCUT2D eigenvalue weighted by molar-refractivity contribution is -0.142. The molecule has 0 aliphatic carbocycles. The van der Waals surface area contributed by atoms with Crippen LogP contribution in [0, 0.1) is 6.92 Å². The van der Waals surface area contributed by atoms with Gasteiger partial charge in [0.05, 0.1) is 7.11 Å². The maximum atomic E-state index is 11.8. The molecule has 0 aliphatic rings. The number of rotatable bonds is 3. The predicted octanol–water partition coefficient (Wildman–Crippen LogP) is 0.625. The van der Waals surface area contributed by atoms with Gasteiger partial charge in [-0.3, -0.25) is 4.79 Å². The van der Waals surface area contributed by atoms with Crippen molar-refractivity contribution in [2.24, 2.45) is 7.05 Å². The lowest BCUT2D eigenvalue weighted by atomic mass is 10.3. The highest BCUT2D eigenvalue weighted by Gasteiger charge is 2.18. The fraction of sp³-hybridized carbons (Fsp3) is 0.455. The molecular weight excluding hydrogens is 208 g/mol. The number of aryl methyl sites for hydroxylation is 1. The van der Waals surface area contributed by atoms with Gasteiger partial charge in [-0.1, -0.05) is 0 Å². The molecule has 0 radical (unpaired) electrons.